The van der Waals surface area contributed by atoms with Crippen molar-refractivity contribution >= 4 is 29.0 Å². The average molecular weight is 518 g/mol. The largest absolute Gasteiger partial charge is 0.418 e. The minimum Gasteiger partial charge on any atom is -0.332 e. The molecule has 0 bridgehead atoms. The van der Waals surface area contributed by atoms with E-state index in [-0.39, 0.29) is 24.2 Å². The Morgan fingerprint density at radius 3 is 2.25 bits per heavy atom. The molecule has 0 radical (unpaired) electrons. The Kier molecular flexibility index (Phi) is 9.14. The number of alkyl halides is 3. The van der Waals surface area contributed by atoms with Crippen LogP contribution in [0, 0.1) is 6.92 Å². The van der Waals surface area contributed by atoms with Crippen LogP contribution in [0.5, 0.6) is 0 Å². The Morgan fingerprint density at radius 1 is 0.972 bits per heavy atom. The molecule has 3 rings (SSSR count). The Morgan fingerprint density at radius 2 is 1.64 bits per heavy atom. The molecule has 0 spiro atoms. The maximum Gasteiger partial charge on any atom is 0.418 e. The van der Waals surface area contributed by atoms with Crippen molar-refractivity contribution in [3.63, 3.8) is 0 Å². The van der Waals surface area contributed by atoms with Gasteiger partial charge in [-0.25, -0.2) is 4.79 Å². The van der Waals surface area contributed by atoms with Crippen LogP contribution in [0.25, 0.3) is 0 Å². The summed E-state index contributed by atoms with van der Waals surface area (Å²) in [5, 5.41) is 2.38. The first-order chi connectivity index (χ1) is 17.1. The summed E-state index contributed by atoms with van der Waals surface area (Å²) < 4.78 is 40.3. The molecule has 0 saturated heterocycles. The molecule has 0 saturated carbocycles. The van der Waals surface area contributed by atoms with Gasteiger partial charge in [0.1, 0.15) is 6.54 Å². The highest BCUT2D eigenvalue weighted by Crippen LogP contribution is 2.34. The maximum absolute atomic E-state index is 13.5. The fraction of sp³-hybridized carbons (Fsp3) is 0.333. The number of urea groups is 1. The summed E-state index contributed by atoms with van der Waals surface area (Å²) in [5.41, 5.74) is -0.337. The number of nitrogens with zero attached hydrogens (tertiary/aromatic N) is 2. The van der Waals surface area contributed by atoms with Gasteiger partial charge in [-0.3, -0.25) is 4.79 Å². The molecule has 36 heavy (non-hydrogen) atoms. The van der Waals surface area contributed by atoms with E-state index in [4.69, 9.17) is 0 Å². The molecular weight excluding hydrogens is 487 g/mol. The third-order valence-electron chi connectivity index (χ3n) is 5.88. The van der Waals surface area contributed by atoms with Gasteiger partial charge >= 0.3 is 12.2 Å². The summed E-state index contributed by atoms with van der Waals surface area (Å²) in [4.78, 5) is 31.8. The maximum atomic E-state index is 13.5. The Labute approximate surface area is 213 Å². The molecule has 1 aromatic heterocycles. The number of amides is 3. The van der Waals surface area contributed by atoms with Crippen LogP contribution in [-0.4, -0.2) is 34.3 Å². The van der Waals surface area contributed by atoms with E-state index in [0.29, 0.717) is 19.5 Å². The second kappa shape index (κ2) is 12.1. The molecule has 0 fully saturated rings. The highest BCUT2D eigenvalue weighted by Gasteiger charge is 2.34. The highest BCUT2D eigenvalue weighted by molar-refractivity contribution is 7.11. The van der Waals surface area contributed by atoms with E-state index in [1.165, 1.54) is 23.1 Å². The lowest BCUT2D eigenvalue weighted by molar-refractivity contribution is -0.137. The zero-order chi connectivity index (χ0) is 26.3. The number of benzene rings is 2. The van der Waals surface area contributed by atoms with Crippen LogP contribution in [0.3, 0.4) is 0 Å². The summed E-state index contributed by atoms with van der Waals surface area (Å²) in [6, 6.07) is 17.2. The molecular formula is C27H30F3N3O2S. The van der Waals surface area contributed by atoms with Crippen LogP contribution in [0.15, 0.2) is 66.7 Å². The van der Waals surface area contributed by atoms with Crippen LogP contribution in [-0.2, 0) is 24.1 Å². The molecule has 2 aromatic carbocycles. The molecule has 9 heteroatoms. The average Bonchev–Trinajstić information content (AvgIpc) is 3.26. The first kappa shape index (κ1) is 27.3. The first-order valence-electron chi connectivity index (χ1n) is 11.7. The quantitative estimate of drug-likeness (QED) is 0.334. The van der Waals surface area contributed by atoms with Gasteiger partial charge in [0, 0.05) is 22.3 Å². The molecule has 1 N–H and O–H groups in total. The lowest BCUT2D eigenvalue weighted by Crippen LogP contribution is -2.48. The van der Waals surface area contributed by atoms with Gasteiger partial charge in [-0.2, -0.15) is 13.2 Å². The van der Waals surface area contributed by atoms with Gasteiger partial charge < -0.3 is 15.1 Å². The van der Waals surface area contributed by atoms with Crippen molar-refractivity contribution in [3.8, 4) is 0 Å². The van der Waals surface area contributed by atoms with Crippen molar-refractivity contribution in [2.75, 3.05) is 11.9 Å². The van der Waals surface area contributed by atoms with Crippen LogP contribution < -0.4 is 5.32 Å². The van der Waals surface area contributed by atoms with Gasteiger partial charge in [0.2, 0.25) is 5.91 Å². The predicted octanol–water partition coefficient (Wildman–Crippen LogP) is 6.94. The lowest BCUT2D eigenvalue weighted by Gasteiger charge is -2.31. The minimum atomic E-state index is -4.62. The monoisotopic (exact) mass is 517 g/mol. The highest BCUT2D eigenvalue weighted by atomic mass is 32.1. The summed E-state index contributed by atoms with van der Waals surface area (Å²) in [6.45, 7) is 6.09. The summed E-state index contributed by atoms with van der Waals surface area (Å²) in [7, 11) is 0. The molecule has 3 amide bonds. The van der Waals surface area contributed by atoms with Gasteiger partial charge in [-0.05, 0) is 50.1 Å². The normalized spacial score (nSPS) is 12.2. The van der Waals surface area contributed by atoms with Gasteiger partial charge in [-0.15, -0.1) is 11.3 Å². The number of aryl methyl sites for hydroxylation is 1. The molecule has 192 valence electrons. The smallest absolute Gasteiger partial charge is 0.332 e. The van der Waals surface area contributed by atoms with Crippen LogP contribution in [0.4, 0.5) is 23.7 Å². The van der Waals surface area contributed by atoms with Gasteiger partial charge in [0.25, 0.3) is 0 Å². The van der Waals surface area contributed by atoms with Gasteiger partial charge in [0.15, 0.2) is 0 Å². The van der Waals surface area contributed by atoms with E-state index < -0.39 is 17.8 Å². The minimum absolute atomic E-state index is 0.258. The fourth-order valence-corrected chi connectivity index (χ4v) is 4.62. The summed E-state index contributed by atoms with van der Waals surface area (Å²) in [6.07, 6.45) is -4.09. The Hall–Kier alpha value is -3.33. The summed E-state index contributed by atoms with van der Waals surface area (Å²) >= 11 is 1.59. The number of anilines is 1. The standard InChI is InChI=1S/C27H30F3N3O2S/c1-4-19(2)33(26(35)31-24-13-9-8-12-23(24)27(28,29)30)18-25(34)32(16-21-10-6-5-7-11-21)17-22-15-14-20(3)36-22/h5-15,19H,4,16-18H2,1-3H3,(H,31,35). The Bertz CT molecular complexity index is 1160. The van der Waals surface area contributed by atoms with Crippen LogP contribution in [0.2, 0.25) is 0 Å². The SMILES string of the molecule is CCC(C)N(CC(=O)N(Cc1ccccc1)Cc1ccc(C)s1)C(=O)Nc1ccccc1C(F)(F)F. The number of para-hydroxylation sites is 1. The third-order valence-corrected chi connectivity index (χ3v) is 6.86. The second-order valence-electron chi connectivity index (χ2n) is 8.61. The zero-order valence-corrected chi connectivity index (χ0v) is 21.3. The van der Waals surface area contributed by atoms with Gasteiger partial charge in [0.05, 0.1) is 17.8 Å². The van der Waals surface area contributed by atoms with Crippen molar-refractivity contribution in [2.24, 2.45) is 0 Å². The topological polar surface area (TPSA) is 52.7 Å². The van der Waals surface area contributed by atoms with E-state index in [1.54, 1.807) is 23.2 Å². The molecule has 0 aliphatic carbocycles. The number of hydrogen-bond acceptors (Lipinski definition) is 3. The van der Waals surface area contributed by atoms with E-state index in [0.717, 1.165) is 21.4 Å². The number of carbonyl (C=O) groups excluding carboxylic acids is 2. The van der Waals surface area contributed by atoms with E-state index in [1.807, 2.05) is 56.3 Å². The first-order valence-corrected chi connectivity index (χ1v) is 12.5. The summed E-state index contributed by atoms with van der Waals surface area (Å²) in [5.74, 6) is -0.288. The number of thiophene rings is 1. The number of nitrogens with one attached hydrogen (secondary N) is 1. The zero-order valence-electron chi connectivity index (χ0n) is 20.5. The van der Waals surface area contributed by atoms with E-state index in [9.17, 15) is 22.8 Å². The molecule has 1 atom stereocenters. The third kappa shape index (κ3) is 7.34. The predicted molar refractivity (Wildman–Crippen MR) is 137 cm³/mol. The van der Waals surface area contributed by atoms with Gasteiger partial charge in [-0.1, -0.05) is 49.4 Å². The Balaban J connectivity index is 1.82. The van der Waals surface area contributed by atoms with Crippen molar-refractivity contribution in [1.82, 2.24) is 9.80 Å². The van der Waals surface area contributed by atoms with E-state index in [2.05, 4.69) is 5.32 Å². The fourth-order valence-electron chi connectivity index (χ4n) is 3.71. The number of rotatable bonds is 9. The number of hydrogen-bond donors (Lipinski definition) is 1. The van der Waals surface area contributed by atoms with Crippen molar-refractivity contribution < 1.29 is 22.8 Å². The van der Waals surface area contributed by atoms with Crippen LogP contribution >= 0.6 is 11.3 Å². The molecule has 3 aromatic rings. The molecule has 1 unspecified atom stereocenters. The molecule has 0 aliphatic heterocycles. The van der Waals surface area contributed by atoms with Crippen LogP contribution in [0.1, 0.15) is 41.1 Å². The molecule has 1 heterocycles. The molecule has 5 nitrogen and oxygen atoms in total. The lowest BCUT2D eigenvalue weighted by atomic mass is 10.1. The number of carbonyl (C=O) groups is 2. The van der Waals surface area contributed by atoms with E-state index >= 15 is 0 Å². The molecule has 0 aliphatic rings. The second-order valence-corrected chi connectivity index (χ2v) is 9.98. The number of halogens is 3. The van der Waals surface area contributed by atoms with Crippen molar-refractivity contribution in [2.45, 2.75) is 52.5 Å². The van der Waals surface area contributed by atoms with Crippen molar-refractivity contribution in [3.05, 3.63) is 87.6 Å². The van der Waals surface area contributed by atoms with Crippen molar-refractivity contribution in [1.29, 1.82) is 0 Å².